The van der Waals surface area contributed by atoms with Crippen LogP contribution in [0.3, 0.4) is 0 Å². The predicted octanol–water partition coefficient (Wildman–Crippen LogP) is 2.94. The second-order valence-corrected chi connectivity index (χ2v) is 8.78. The summed E-state index contributed by atoms with van der Waals surface area (Å²) in [5, 5.41) is 4.42. The number of nitrogens with one attached hydrogen (secondary N) is 2. The summed E-state index contributed by atoms with van der Waals surface area (Å²) >= 11 is 0. The molecule has 7 nitrogen and oxygen atoms in total. The molecule has 1 saturated heterocycles. The number of carbonyl (C=O) groups is 1. The first-order chi connectivity index (χ1) is 15.1. The van der Waals surface area contributed by atoms with E-state index in [1.807, 2.05) is 36.3 Å². The third kappa shape index (κ3) is 3.90. The van der Waals surface area contributed by atoms with E-state index in [9.17, 15) is 4.79 Å². The minimum absolute atomic E-state index is 0.201. The van der Waals surface area contributed by atoms with Gasteiger partial charge in [0.15, 0.2) is 0 Å². The number of fused-ring (bicyclic) bond motifs is 2. The van der Waals surface area contributed by atoms with E-state index in [0.29, 0.717) is 12.3 Å². The highest BCUT2D eigenvalue weighted by atomic mass is 16.2. The Morgan fingerprint density at radius 3 is 2.81 bits per heavy atom. The largest absolute Gasteiger partial charge is 0.373 e. The zero-order valence-corrected chi connectivity index (χ0v) is 18.3. The monoisotopic (exact) mass is 418 g/mol. The molecule has 0 bridgehead atoms. The van der Waals surface area contributed by atoms with Crippen molar-refractivity contribution in [2.24, 2.45) is 0 Å². The van der Waals surface area contributed by atoms with Crippen LogP contribution in [0, 0.1) is 0 Å². The number of piperidine rings is 1. The average Bonchev–Trinajstić information content (AvgIpc) is 3.21. The molecular weight excluding hydrogens is 388 g/mol. The highest BCUT2D eigenvalue weighted by Crippen LogP contribution is 2.30. The second kappa shape index (κ2) is 8.30. The number of amides is 1. The van der Waals surface area contributed by atoms with E-state index in [1.165, 1.54) is 5.56 Å². The van der Waals surface area contributed by atoms with Crippen LogP contribution in [0.5, 0.6) is 0 Å². The van der Waals surface area contributed by atoms with Crippen LogP contribution >= 0.6 is 0 Å². The van der Waals surface area contributed by atoms with Crippen LogP contribution in [0.15, 0.2) is 30.5 Å². The lowest BCUT2D eigenvalue weighted by atomic mass is 9.94. The first-order valence-electron chi connectivity index (χ1n) is 11.2. The van der Waals surface area contributed by atoms with Gasteiger partial charge in [-0.1, -0.05) is 18.2 Å². The molecule has 0 saturated carbocycles. The number of aromatic nitrogens is 3. The van der Waals surface area contributed by atoms with Crippen molar-refractivity contribution >= 4 is 22.6 Å². The summed E-state index contributed by atoms with van der Waals surface area (Å²) in [4.78, 5) is 30.4. The average molecular weight is 419 g/mol. The Hall–Kier alpha value is -2.93. The summed E-state index contributed by atoms with van der Waals surface area (Å²) in [6.45, 7) is 3.45. The Balaban J connectivity index is 1.26. The molecule has 1 amide bonds. The van der Waals surface area contributed by atoms with Crippen LogP contribution in [-0.2, 0) is 24.2 Å². The summed E-state index contributed by atoms with van der Waals surface area (Å²) in [5.74, 6) is 2.42. The zero-order valence-electron chi connectivity index (χ0n) is 18.3. The molecule has 0 spiro atoms. The maximum Gasteiger partial charge on any atom is 0.227 e. The van der Waals surface area contributed by atoms with Gasteiger partial charge < -0.3 is 20.1 Å². The lowest BCUT2D eigenvalue weighted by Crippen LogP contribution is -2.39. The SMILES string of the molecule is CNc1nc(C2CCN(C(=O)Cc3c[nH]c4ccccc34)CC2)nc2c1CCN(C)C2. The second-order valence-electron chi connectivity index (χ2n) is 8.78. The Kier molecular flexibility index (Phi) is 5.36. The molecule has 4 heterocycles. The topological polar surface area (TPSA) is 77.1 Å². The molecule has 162 valence electrons. The fourth-order valence-corrected chi connectivity index (χ4v) is 4.91. The highest BCUT2D eigenvalue weighted by molar-refractivity contribution is 5.88. The van der Waals surface area contributed by atoms with Crippen LogP contribution in [0.2, 0.25) is 0 Å². The number of para-hydroxylation sites is 1. The molecule has 0 radical (unpaired) electrons. The van der Waals surface area contributed by atoms with Gasteiger partial charge in [0.25, 0.3) is 0 Å². The summed E-state index contributed by atoms with van der Waals surface area (Å²) in [6.07, 6.45) is 5.23. The Morgan fingerprint density at radius 2 is 2.00 bits per heavy atom. The molecule has 2 aromatic heterocycles. The first-order valence-corrected chi connectivity index (χ1v) is 11.2. The number of aromatic amines is 1. The van der Waals surface area contributed by atoms with Crippen LogP contribution in [-0.4, -0.2) is 64.4 Å². The number of H-pyrrole nitrogens is 1. The van der Waals surface area contributed by atoms with Crippen molar-refractivity contribution in [2.75, 3.05) is 39.0 Å². The van der Waals surface area contributed by atoms with Crippen molar-refractivity contribution < 1.29 is 4.79 Å². The van der Waals surface area contributed by atoms with Gasteiger partial charge in [-0.3, -0.25) is 4.79 Å². The van der Waals surface area contributed by atoms with Crippen molar-refractivity contribution in [1.29, 1.82) is 0 Å². The van der Waals surface area contributed by atoms with Gasteiger partial charge in [-0.25, -0.2) is 9.97 Å². The highest BCUT2D eigenvalue weighted by Gasteiger charge is 2.28. The number of hydrogen-bond acceptors (Lipinski definition) is 5. The summed E-state index contributed by atoms with van der Waals surface area (Å²) in [7, 11) is 4.08. The minimum atomic E-state index is 0.201. The molecule has 2 aliphatic rings. The first kappa shape index (κ1) is 20.0. The number of hydrogen-bond donors (Lipinski definition) is 2. The van der Waals surface area contributed by atoms with Crippen LogP contribution in [0.1, 0.15) is 41.4 Å². The van der Waals surface area contributed by atoms with Crippen LogP contribution in [0.4, 0.5) is 5.82 Å². The fraction of sp³-hybridized carbons (Fsp3) is 0.458. The van der Waals surface area contributed by atoms with Gasteiger partial charge in [-0.05, 0) is 37.9 Å². The molecule has 0 aliphatic carbocycles. The predicted molar refractivity (Wildman–Crippen MR) is 122 cm³/mol. The Morgan fingerprint density at radius 1 is 1.19 bits per heavy atom. The maximum absolute atomic E-state index is 12.9. The quantitative estimate of drug-likeness (QED) is 0.681. The Bertz CT molecular complexity index is 1100. The number of anilines is 1. The van der Waals surface area contributed by atoms with Crippen molar-refractivity contribution in [3.63, 3.8) is 0 Å². The molecular formula is C24H30N6O. The molecule has 0 atom stereocenters. The number of nitrogens with zero attached hydrogens (tertiary/aromatic N) is 4. The lowest BCUT2D eigenvalue weighted by molar-refractivity contribution is -0.131. The molecule has 31 heavy (non-hydrogen) atoms. The molecule has 3 aromatic rings. The van der Waals surface area contributed by atoms with Crippen molar-refractivity contribution in [2.45, 2.75) is 38.1 Å². The normalized spacial score (nSPS) is 17.7. The van der Waals surface area contributed by atoms with Crippen molar-refractivity contribution in [3.8, 4) is 0 Å². The van der Waals surface area contributed by atoms with E-state index in [4.69, 9.17) is 9.97 Å². The number of carbonyl (C=O) groups excluding carboxylic acids is 1. The molecule has 0 unspecified atom stereocenters. The summed E-state index contributed by atoms with van der Waals surface area (Å²) < 4.78 is 0. The Labute approximate surface area is 182 Å². The smallest absolute Gasteiger partial charge is 0.227 e. The van der Waals surface area contributed by atoms with Gasteiger partial charge in [0.2, 0.25) is 5.91 Å². The van der Waals surface area contributed by atoms with E-state index >= 15 is 0 Å². The zero-order chi connectivity index (χ0) is 21.4. The fourth-order valence-electron chi connectivity index (χ4n) is 4.91. The maximum atomic E-state index is 12.9. The third-order valence-electron chi connectivity index (χ3n) is 6.74. The van der Waals surface area contributed by atoms with Gasteiger partial charge in [-0.2, -0.15) is 0 Å². The standard InChI is InChI=1S/C24H30N6O/c1-25-24-19-9-10-29(2)15-21(19)27-23(28-24)16-7-11-30(12-8-16)22(31)13-17-14-26-20-6-4-3-5-18(17)20/h3-6,14,16,26H,7-13,15H2,1-2H3,(H,25,27,28). The van der Waals surface area contributed by atoms with E-state index in [1.54, 1.807) is 0 Å². The summed E-state index contributed by atoms with van der Waals surface area (Å²) in [5.41, 5.74) is 4.57. The van der Waals surface area contributed by atoms with Crippen LogP contribution in [0.25, 0.3) is 10.9 Å². The number of likely N-dealkylation sites (tertiary alicyclic amines) is 1. The molecule has 7 heteroatoms. The van der Waals surface area contributed by atoms with Gasteiger partial charge in [-0.15, -0.1) is 0 Å². The van der Waals surface area contributed by atoms with Gasteiger partial charge in [0.05, 0.1) is 12.1 Å². The number of benzene rings is 1. The van der Waals surface area contributed by atoms with E-state index in [2.05, 4.69) is 28.3 Å². The van der Waals surface area contributed by atoms with E-state index in [-0.39, 0.29) is 5.91 Å². The van der Waals surface area contributed by atoms with E-state index < -0.39 is 0 Å². The summed E-state index contributed by atoms with van der Waals surface area (Å²) in [6, 6.07) is 8.15. The van der Waals surface area contributed by atoms with E-state index in [0.717, 1.165) is 79.2 Å². The van der Waals surface area contributed by atoms with Crippen LogP contribution < -0.4 is 5.32 Å². The molecule has 1 fully saturated rings. The minimum Gasteiger partial charge on any atom is -0.373 e. The number of rotatable bonds is 4. The van der Waals surface area contributed by atoms with Crippen molar-refractivity contribution in [3.05, 3.63) is 53.1 Å². The van der Waals surface area contributed by atoms with Gasteiger partial charge in [0, 0.05) is 61.8 Å². The van der Waals surface area contributed by atoms with Gasteiger partial charge in [0.1, 0.15) is 11.6 Å². The molecule has 1 aromatic carbocycles. The lowest BCUT2D eigenvalue weighted by Gasteiger charge is -2.32. The third-order valence-corrected chi connectivity index (χ3v) is 6.74. The number of likely N-dealkylation sites (N-methyl/N-ethyl adjacent to an activating group) is 1. The molecule has 2 aliphatic heterocycles. The van der Waals surface area contributed by atoms with Gasteiger partial charge >= 0.3 is 0 Å². The molecule has 5 rings (SSSR count). The molecule has 2 N–H and O–H groups in total. The van der Waals surface area contributed by atoms with Crippen molar-refractivity contribution in [1.82, 2.24) is 24.8 Å².